The summed E-state index contributed by atoms with van der Waals surface area (Å²) >= 11 is 0. The van der Waals surface area contributed by atoms with Crippen molar-refractivity contribution in [1.82, 2.24) is 9.80 Å². The van der Waals surface area contributed by atoms with E-state index in [0.29, 0.717) is 30.8 Å². The van der Waals surface area contributed by atoms with E-state index in [1.807, 2.05) is 149 Å². The van der Waals surface area contributed by atoms with E-state index in [4.69, 9.17) is 66.3 Å². The number of hydrogen-bond donors (Lipinski definition) is 6. The molecule has 0 aromatic rings. The lowest BCUT2D eigenvalue weighted by molar-refractivity contribution is -0.318. The van der Waals surface area contributed by atoms with Crippen molar-refractivity contribution in [3.8, 4) is 0 Å². The van der Waals surface area contributed by atoms with Crippen LogP contribution < -0.4 is 0 Å². The number of esters is 2. The van der Waals surface area contributed by atoms with Gasteiger partial charge in [0.1, 0.15) is 71.6 Å². The molecular weight excluding hydrogens is 1270 g/mol. The van der Waals surface area contributed by atoms with Gasteiger partial charge in [-0.3, -0.25) is 9.59 Å². The molecule has 0 aromatic carbocycles. The zero-order valence-electron chi connectivity index (χ0n) is 64.5. The molecule has 0 aliphatic carbocycles. The van der Waals surface area contributed by atoms with Crippen LogP contribution >= 0.6 is 0 Å². The van der Waals surface area contributed by atoms with Crippen LogP contribution in [0.25, 0.3) is 0 Å². The highest BCUT2D eigenvalue weighted by Gasteiger charge is 2.60. The molecule has 6 N–H and O–H groups in total. The van der Waals surface area contributed by atoms with Crippen molar-refractivity contribution in [2.45, 2.75) is 348 Å². The number of carbonyl (C=O) groups is 2. The Morgan fingerprint density at radius 2 is 1.07 bits per heavy atom. The first kappa shape index (κ1) is 82.6. The molecule has 98 heavy (non-hydrogen) atoms. The molecule has 8 aliphatic rings. The second kappa shape index (κ2) is 31.6. The molecule has 0 amide bonds. The highest BCUT2D eigenvalue weighted by atomic mass is 16.7. The van der Waals surface area contributed by atoms with Gasteiger partial charge in [-0.05, 0) is 142 Å². The van der Waals surface area contributed by atoms with Crippen LogP contribution in [0.15, 0.2) is 22.7 Å². The van der Waals surface area contributed by atoms with E-state index >= 15 is 0 Å². The molecule has 0 saturated carbocycles. The van der Waals surface area contributed by atoms with Crippen LogP contribution in [0.2, 0.25) is 0 Å². The largest absolute Gasteiger partial charge is 0.488 e. The number of fused-ring (bicyclic) bond motifs is 4. The Balaban J connectivity index is 0.000000276. The standard InChI is InChI=1S/C38H67NO11.C36H63NO11/c1-18-16-26(39(13)14)28(40)35(45-18)49-33-21(4)29(48-27-17-37(11,44-15)32(42)24(7)46-27)22(5)34(43)47-25(8)36(9,10)31(41)20(3)30-19(2)23(6)38(33,12)50-30;1-18-16-36(10)32(47-33-28(40)24(37(11)12)14-19(2)43-33)20(3)25(45-27-17-35(9,42-13)30(41)22(5)44-27)15-26(39)46-31(21(4)29(18)48-36)34(7,8)23(6)38/h18,20-29,31-33,35,40-42H,16-17H2,1-15H3;19-25,27-28,30-33,38,40-41H,14-17H2,1-13H3/t18-,20+,21+,22-,23?,24+,25?,26?,27?,28?,29?,31?,32?,33?,35?,37?,38?;19-,20+,21+,22+,23?,24?,25?,27?,28?,30?,31?,32?,33?,35?,36?/m11/s1. The van der Waals surface area contributed by atoms with Crippen molar-refractivity contribution in [2.24, 2.45) is 46.3 Å². The summed E-state index contributed by atoms with van der Waals surface area (Å²) < 4.78 is 90.1. The van der Waals surface area contributed by atoms with E-state index in [1.54, 1.807) is 48.8 Å². The van der Waals surface area contributed by atoms with Gasteiger partial charge in [0.2, 0.25) is 0 Å². The third kappa shape index (κ3) is 16.7. The fourth-order valence-corrected chi connectivity index (χ4v) is 16.8. The number of carbonyl (C=O) groups excluding carboxylic acids is 2. The summed E-state index contributed by atoms with van der Waals surface area (Å²) in [5, 5.41) is 67.6. The van der Waals surface area contributed by atoms with Crippen LogP contribution in [-0.2, 0) is 75.9 Å². The van der Waals surface area contributed by atoms with E-state index < -0.39 is 179 Å². The summed E-state index contributed by atoms with van der Waals surface area (Å²) in [7, 11) is 10.8. The molecular formula is C74H130N2O22. The highest BCUT2D eigenvalue weighted by molar-refractivity contribution is 5.73. The average molecular weight is 1400 g/mol. The number of likely N-dealkylation sites (N-methyl/N-ethyl adjacent to an activating group) is 2. The lowest BCUT2D eigenvalue weighted by Crippen LogP contribution is -2.61. The van der Waals surface area contributed by atoms with Crippen LogP contribution in [0.3, 0.4) is 0 Å². The summed E-state index contributed by atoms with van der Waals surface area (Å²) in [6.45, 7) is 41.8. The molecule has 8 aliphatic heterocycles. The fraction of sp³-hybridized carbons (Fsp3) is 0.919. The SMILES string of the molecule is COC1(C)CC(OC2CC(=O)OC(C(C)(C)C(C)O)[C@@H](C)C3=C(C)CC(C)(O3)C(OC3O[C@H](C)CC(N(C)C)C3O)[C@H]2C)O[C@@H](C)C1O.COC1(C)CC(OC2[C@H](C)C(OC3O[C@H](C)CC(N(C)C)C3O)C3(C)OC(=C(C)C3C)[C@H](C)C(O)C(C)(C)C(C)OC(=O)[C@@H]2C)O[C@@H](C)C1O. The average Bonchev–Trinajstić information content (AvgIpc) is 1.57. The second-order valence-electron chi connectivity index (χ2n) is 33.2. The van der Waals surface area contributed by atoms with Crippen LogP contribution in [0.4, 0.5) is 0 Å². The Bertz CT molecular complexity index is 2750. The van der Waals surface area contributed by atoms with Crippen LogP contribution in [0.5, 0.6) is 0 Å². The molecule has 568 valence electrons. The second-order valence-corrected chi connectivity index (χ2v) is 33.2. The molecule has 8 heterocycles. The Morgan fingerprint density at radius 1 is 0.592 bits per heavy atom. The molecule has 32 atom stereocenters. The molecule has 6 saturated heterocycles. The summed E-state index contributed by atoms with van der Waals surface area (Å²) in [6.07, 6.45) is -13.0. The number of ether oxygens (including phenoxy) is 14. The predicted octanol–water partition coefficient (Wildman–Crippen LogP) is 7.55. The zero-order chi connectivity index (χ0) is 73.9. The van der Waals surface area contributed by atoms with Crippen molar-refractivity contribution in [1.29, 1.82) is 0 Å². The van der Waals surface area contributed by atoms with E-state index in [0.717, 1.165) is 11.1 Å². The number of nitrogens with zero attached hydrogens (tertiary/aromatic N) is 2. The van der Waals surface area contributed by atoms with Gasteiger partial charge in [0.05, 0.1) is 78.3 Å². The van der Waals surface area contributed by atoms with Gasteiger partial charge in [-0.25, -0.2) is 0 Å². The van der Waals surface area contributed by atoms with Crippen LogP contribution in [0.1, 0.15) is 191 Å². The lowest BCUT2D eigenvalue weighted by Gasteiger charge is -2.49. The molecule has 24 nitrogen and oxygen atoms in total. The molecule has 4 bridgehead atoms. The molecule has 0 aromatic heterocycles. The zero-order valence-corrected chi connectivity index (χ0v) is 64.5. The summed E-state index contributed by atoms with van der Waals surface area (Å²) in [5.74, 6) is -2.51. The number of hydrogen-bond acceptors (Lipinski definition) is 24. The lowest BCUT2D eigenvalue weighted by atomic mass is 9.73. The molecule has 0 radical (unpaired) electrons. The number of rotatable bonds is 14. The number of cyclic esters (lactones) is 2. The third-order valence-electron chi connectivity index (χ3n) is 24.7. The number of aliphatic hydroxyl groups excluding tert-OH is 6. The Labute approximate surface area is 585 Å². The maximum Gasteiger partial charge on any atom is 0.311 e. The minimum Gasteiger partial charge on any atom is -0.488 e. The van der Waals surface area contributed by atoms with Crippen LogP contribution in [0, 0.1) is 46.3 Å². The van der Waals surface area contributed by atoms with Gasteiger partial charge in [0.15, 0.2) is 25.2 Å². The van der Waals surface area contributed by atoms with E-state index in [-0.39, 0.29) is 55.4 Å². The normalized spacial score (nSPS) is 47.3. The van der Waals surface area contributed by atoms with Gasteiger partial charge in [-0.1, -0.05) is 62.3 Å². The quantitative estimate of drug-likeness (QED) is 0.0915. The maximum atomic E-state index is 14.1. The topological polar surface area (TPSA) is 291 Å². The Kier molecular flexibility index (Phi) is 26.6. The van der Waals surface area contributed by atoms with E-state index in [9.17, 15) is 40.2 Å². The Morgan fingerprint density at radius 3 is 1.54 bits per heavy atom. The summed E-state index contributed by atoms with van der Waals surface area (Å²) in [4.78, 5) is 32.0. The van der Waals surface area contributed by atoms with Crippen LogP contribution in [-0.4, -0.2) is 252 Å². The van der Waals surface area contributed by atoms with Gasteiger partial charge in [-0.15, -0.1) is 0 Å². The number of methoxy groups -OCH3 is 2. The van der Waals surface area contributed by atoms with E-state index in [2.05, 4.69) is 6.92 Å². The smallest absolute Gasteiger partial charge is 0.311 e. The first-order valence-electron chi connectivity index (χ1n) is 36.1. The van der Waals surface area contributed by atoms with Crippen molar-refractivity contribution in [3.05, 3.63) is 22.7 Å². The summed E-state index contributed by atoms with van der Waals surface area (Å²) in [5.41, 5.74) is -3.53. The Hall–Kier alpha value is -2.70. The maximum absolute atomic E-state index is 14.1. The molecule has 23 unspecified atom stereocenters. The van der Waals surface area contributed by atoms with E-state index in [1.165, 1.54) is 0 Å². The monoisotopic (exact) mass is 1400 g/mol. The van der Waals surface area contributed by atoms with Gasteiger partial charge in [0, 0.05) is 80.1 Å². The minimum atomic E-state index is -1.03. The predicted molar refractivity (Wildman–Crippen MR) is 364 cm³/mol. The van der Waals surface area contributed by atoms with Crippen molar-refractivity contribution < 1.29 is 107 Å². The first-order chi connectivity index (χ1) is 45.2. The first-order valence-corrected chi connectivity index (χ1v) is 36.1. The molecule has 0 spiro atoms. The highest BCUT2D eigenvalue weighted by Crippen LogP contribution is 2.53. The van der Waals surface area contributed by atoms with Gasteiger partial charge < -0.3 is 107 Å². The van der Waals surface area contributed by atoms with Gasteiger partial charge >= 0.3 is 11.9 Å². The molecule has 8 rings (SSSR count). The van der Waals surface area contributed by atoms with Gasteiger partial charge in [-0.2, -0.15) is 0 Å². The third-order valence-corrected chi connectivity index (χ3v) is 24.7. The fourth-order valence-electron chi connectivity index (χ4n) is 16.8. The molecule has 24 heteroatoms. The van der Waals surface area contributed by atoms with Gasteiger partial charge in [0.25, 0.3) is 0 Å². The number of aliphatic hydroxyl groups is 6. The summed E-state index contributed by atoms with van der Waals surface area (Å²) in [6, 6.07) is -0.403. The van der Waals surface area contributed by atoms with Crippen molar-refractivity contribution in [3.63, 3.8) is 0 Å². The molecule has 6 fully saturated rings. The van der Waals surface area contributed by atoms with Crippen molar-refractivity contribution >= 4 is 11.9 Å². The van der Waals surface area contributed by atoms with Crippen molar-refractivity contribution in [2.75, 3.05) is 42.4 Å². The minimum absolute atomic E-state index is 0.139.